The van der Waals surface area contributed by atoms with Crippen molar-refractivity contribution in [2.45, 2.75) is 9.92 Å². The summed E-state index contributed by atoms with van der Waals surface area (Å²) in [7, 11) is 0. The second-order valence-electron chi connectivity index (χ2n) is 4.39. The Bertz CT molecular complexity index is 818. The molecule has 0 fully saturated rings. The summed E-state index contributed by atoms with van der Waals surface area (Å²) in [6.07, 6.45) is 0. The number of aromatic amines is 1. The maximum atomic E-state index is 11.0. The highest BCUT2D eigenvalue weighted by Crippen LogP contribution is 2.32. The number of aromatic carboxylic acids is 1. The van der Waals surface area contributed by atoms with Gasteiger partial charge in [-0.1, -0.05) is 53.7 Å². The Morgan fingerprint density at radius 2 is 1.82 bits per heavy atom. The van der Waals surface area contributed by atoms with E-state index in [1.807, 2.05) is 48.5 Å². The van der Waals surface area contributed by atoms with Crippen LogP contribution in [0, 0.1) is 0 Å². The zero-order chi connectivity index (χ0) is 15.5. The molecular formula is C15H10ClN3O2S. The molecule has 0 amide bonds. The fraction of sp³-hybridized carbons (Fsp3) is 0. The number of hydrogen-bond donors (Lipinski definition) is 2. The van der Waals surface area contributed by atoms with Gasteiger partial charge < -0.3 is 5.11 Å². The van der Waals surface area contributed by atoms with Crippen LogP contribution < -0.4 is 0 Å². The summed E-state index contributed by atoms with van der Waals surface area (Å²) < 4.78 is 0. The molecule has 22 heavy (non-hydrogen) atoms. The zero-order valence-corrected chi connectivity index (χ0v) is 12.7. The van der Waals surface area contributed by atoms with Crippen LogP contribution in [-0.2, 0) is 0 Å². The van der Waals surface area contributed by atoms with Gasteiger partial charge >= 0.3 is 5.97 Å². The average Bonchev–Trinajstić information content (AvgIpc) is 2.97. The molecule has 0 unspecified atom stereocenters. The van der Waals surface area contributed by atoms with Crippen molar-refractivity contribution in [3.05, 3.63) is 59.2 Å². The molecule has 3 aromatic rings. The van der Waals surface area contributed by atoms with Crippen molar-refractivity contribution >= 4 is 29.3 Å². The van der Waals surface area contributed by atoms with Crippen molar-refractivity contribution in [3.8, 4) is 11.1 Å². The van der Waals surface area contributed by atoms with E-state index >= 15 is 0 Å². The van der Waals surface area contributed by atoms with E-state index in [0.717, 1.165) is 16.0 Å². The van der Waals surface area contributed by atoms with Gasteiger partial charge in [-0.2, -0.15) is 5.21 Å². The van der Waals surface area contributed by atoms with Crippen molar-refractivity contribution < 1.29 is 9.90 Å². The van der Waals surface area contributed by atoms with Gasteiger partial charge in [0.15, 0.2) is 5.03 Å². The van der Waals surface area contributed by atoms with Crippen LogP contribution in [0.1, 0.15) is 10.5 Å². The predicted octanol–water partition coefficient (Wildman–Crippen LogP) is 3.97. The van der Waals surface area contributed by atoms with Crippen LogP contribution in [0.4, 0.5) is 0 Å². The highest BCUT2D eigenvalue weighted by Gasteiger charge is 2.16. The highest BCUT2D eigenvalue weighted by atomic mass is 35.5. The normalized spacial score (nSPS) is 10.6. The Labute approximate surface area is 135 Å². The van der Waals surface area contributed by atoms with Gasteiger partial charge in [0.1, 0.15) is 0 Å². The third-order valence-corrected chi connectivity index (χ3v) is 4.29. The smallest absolute Gasteiger partial charge is 0.359 e. The molecule has 1 heterocycles. The molecule has 3 rings (SSSR count). The largest absolute Gasteiger partial charge is 0.476 e. The fourth-order valence-electron chi connectivity index (χ4n) is 1.94. The number of carboxylic acids is 1. The lowest BCUT2D eigenvalue weighted by molar-refractivity contribution is 0.0686. The third kappa shape index (κ3) is 2.98. The molecule has 7 heteroatoms. The summed E-state index contributed by atoms with van der Waals surface area (Å²) in [5, 5.41) is 19.8. The number of aromatic nitrogens is 3. The van der Waals surface area contributed by atoms with Crippen molar-refractivity contribution in [2.24, 2.45) is 0 Å². The Morgan fingerprint density at radius 3 is 2.50 bits per heavy atom. The number of carbonyl (C=O) groups is 1. The van der Waals surface area contributed by atoms with Gasteiger partial charge in [-0.05, 0) is 23.8 Å². The van der Waals surface area contributed by atoms with Crippen LogP contribution in [0.5, 0.6) is 0 Å². The highest BCUT2D eigenvalue weighted by molar-refractivity contribution is 7.99. The lowest BCUT2D eigenvalue weighted by Gasteiger charge is -2.05. The van der Waals surface area contributed by atoms with Crippen LogP contribution in [0.25, 0.3) is 11.1 Å². The topological polar surface area (TPSA) is 78.9 Å². The summed E-state index contributed by atoms with van der Waals surface area (Å²) in [5.74, 6) is -1.11. The summed E-state index contributed by atoms with van der Waals surface area (Å²) >= 11 is 7.42. The van der Waals surface area contributed by atoms with Gasteiger partial charge in [0, 0.05) is 15.5 Å². The first-order valence-electron chi connectivity index (χ1n) is 6.32. The zero-order valence-electron chi connectivity index (χ0n) is 11.2. The average molecular weight is 332 g/mol. The Balaban J connectivity index is 1.84. The van der Waals surface area contributed by atoms with E-state index in [9.17, 15) is 4.79 Å². The lowest BCUT2D eigenvalue weighted by Crippen LogP contribution is -1.98. The number of nitrogens with zero attached hydrogens (tertiary/aromatic N) is 2. The van der Waals surface area contributed by atoms with Crippen LogP contribution in [0.2, 0.25) is 5.02 Å². The van der Waals surface area contributed by atoms with E-state index in [0.29, 0.717) is 10.0 Å². The number of H-pyrrole nitrogens is 1. The van der Waals surface area contributed by atoms with E-state index in [-0.39, 0.29) is 5.69 Å². The maximum absolute atomic E-state index is 11.0. The third-order valence-electron chi connectivity index (χ3n) is 2.97. The number of hydrogen-bond acceptors (Lipinski definition) is 4. The molecule has 0 aliphatic heterocycles. The van der Waals surface area contributed by atoms with Crippen molar-refractivity contribution in [1.82, 2.24) is 15.4 Å². The summed E-state index contributed by atoms with van der Waals surface area (Å²) in [6.45, 7) is 0. The van der Waals surface area contributed by atoms with Gasteiger partial charge in [-0.15, -0.1) is 10.2 Å². The van der Waals surface area contributed by atoms with Crippen LogP contribution in [-0.4, -0.2) is 26.5 Å². The van der Waals surface area contributed by atoms with E-state index in [1.165, 1.54) is 11.8 Å². The SMILES string of the molecule is O=C(O)c1n[nH]nc1Sc1ccc(-c2ccccc2Cl)cc1. The summed E-state index contributed by atoms with van der Waals surface area (Å²) in [6, 6.07) is 15.3. The van der Waals surface area contributed by atoms with Gasteiger partial charge in [0.2, 0.25) is 5.69 Å². The molecule has 0 aliphatic carbocycles. The minimum atomic E-state index is -1.11. The molecule has 0 spiro atoms. The molecule has 110 valence electrons. The van der Waals surface area contributed by atoms with Crippen LogP contribution in [0.3, 0.4) is 0 Å². The fourth-order valence-corrected chi connectivity index (χ4v) is 3.00. The minimum absolute atomic E-state index is 0.0832. The number of carboxylic acid groups (broad SMARTS) is 1. The standard InChI is InChI=1S/C15H10ClN3O2S/c16-12-4-2-1-3-11(12)9-5-7-10(8-6-9)22-14-13(15(20)21)17-19-18-14/h1-8H,(H,20,21)(H,17,18,19). The number of halogens is 1. The van der Waals surface area contributed by atoms with E-state index in [4.69, 9.17) is 16.7 Å². The summed E-state index contributed by atoms with van der Waals surface area (Å²) in [5.41, 5.74) is 1.86. The quantitative estimate of drug-likeness (QED) is 0.756. The monoisotopic (exact) mass is 331 g/mol. The van der Waals surface area contributed by atoms with Crippen molar-refractivity contribution in [3.63, 3.8) is 0 Å². The number of rotatable bonds is 4. The van der Waals surface area contributed by atoms with Crippen LogP contribution in [0.15, 0.2) is 58.5 Å². The first-order chi connectivity index (χ1) is 10.6. The summed E-state index contributed by atoms with van der Waals surface area (Å²) in [4.78, 5) is 11.9. The Morgan fingerprint density at radius 1 is 1.09 bits per heavy atom. The molecule has 0 aliphatic rings. The molecular weight excluding hydrogens is 322 g/mol. The first kappa shape index (κ1) is 14.6. The van der Waals surface area contributed by atoms with Crippen LogP contribution >= 0.6 is 23.4 Å². The van der Waals surface area contributed by atoms with Gasteiger partial charge in [0.25, 0.3) is 0 Å². The molecule has 2 aromatic carbocycles. The molecule has 0 radical (unpaired) electrons. The van der Waals surface area contributed by atoms with Crippen molar-refractivity contribution in [1.29, 1.82) is 0 Å². The lowest BCUT2D eigenvalue weighted by atomic mass is 10.1. The molecule has 5 nitrogen and oxygen atoms in total. The number of nitrogens with one attached hydrogen (secondary N) is 1. The van der Waals surface area contributed by atoms with Gasteiger partial charge in [0.05, 0.1) is 0 Å². The second-order valence-corrected chi connectivity index (χ2v) is 5.86. The van der Waals surface area contributed by atoms with E-state index < -0.39 is 5.97 Å². The Hall–Kier alpha value is -2.31. The predicted molar refractivity (Wildman–Crippen MR) is 84.4 cm³/mol. The van der Waals surface area contributed by atoms with Gasteiger partial charge in [-0.3, -0.25) is 0 Å². The molecule has 0 saturated heterocycles. The molecule has 0 saturated carbocycles. The first-order valence-corrected chi connectivity index (χ1v) is 7.51. The van der Waals surface area contributed by atoms with Gasteiger partial charge in [-0.25, -0.2) is 4.79 Å². The molecule has 0 atom stereocenters. The Kier molecular flexibility index (Phi) is 4.13. The van der Waals surface area contributed by atoms with E-state index in [2.05, 4.69) is 15.4 Å². The molecule has 2 N–H and O–H groups in total. The van der Waals surface area contributed by atoms with Crippen molar-refractivity contribution in [2.75, 3.05) is 0 Å². The maximum Gasteiger partial charge on any atom is 0.359 e. The molecule has 1 aromatic heterocycles. The van der Waals surface area contributed by atoms with E-state index in [1.54, 1.807) is 0 Å². The number of benzene rings is 2. The second kappa shape index (κ2) is 6.21. The minimum Gasteiger partial charge on any atom is -0.476 e. The molecule has 0 bridgehead atoms.